The van der Waals surface area contributed by atoms with Crippen molar-refractivity contribution in [1.29, 1.82) is 0 Å². The van der Waals surface area contributed by atoms with Crippen molar-refractivity contribution >= 4 is 50.1 Å². The average molecular weight is 483 g/mol. The zero-order valence-electron chi connectivity index (χ0n) is 11.5. The summed E-state index contributed by atoms with van der Waals surface area (Å²) in [7, 11) is 0. The normalized spacial score (nSPS) is 12.4. The van der Waals surface area contributed by atoms with Gasteiger partial charge in [0.25, 0.3) is 0 Å². The predicted octanol–water partition coefficient (Wildman–Crippen LogP) is 5.94. The van der Waals surface area contributed by atoms with E-state index in [1.165, 1.54) is 12.1 Å². The molecule has 1 nitrogen and oxygen atoms in total. The maximum Gasteiger partial charge on any atom is 0.123 e. The largest absolute Gasteiger partial charge is 0.306 e. The third kappa shape index (κ3) is 4.41. The summed E-state index contributed by atoms with van der Waals surface area (Å²) in [6.07, 6.45) is 0.994. The molecule has 1 N–H and O–H groups in total. The fourth-order valence-corrected chi connectivity index (χ4v) is 3.40. The number of nitrogens with one attached hydrogen (secondary N) is 1. The summed E-state index contributed by atoms with van der Waals surface area (Å²) in [5.41, 5.74) is 1.85. The molecule has 2 aromatic rings. The van der Waals surface area contributed by atoms with Gasteiger partial charge in [0.15, 0.2) is 0 Å². The van der Waals surface area contributed by atoms with Gasteiger partial charge in [-0.15, -0.1) is 0 Å². The molecule has 0 aliphatic rings. The molecular formula is C16H15BrClFIN. The van der Waals surface area contributed by atoms with Gasteiger partial charge < -0.3 is 5.32 Å². The van der Waals surface area contributed by atoms with E-state index in [4.69, 9.17) is 11.6 Å². The van der Waals surface area contributed by atoms with Crippen LogP contribution in [0.15, 0.2) is 40.9 Å². The molecule has 0 bridgehead atoms. The molecule has 21 heavy (non-hydrogen) atoms. The maximum atomic E-state index is 13.6. The Kier molecular flexibility index (Phi) is 6.47. The van der Waals surface area contributed by atoms with Gasteiger partial charge in [-0.1, -0.05) is 34.5 Å². The molecule has 0 radical (unpaired) electrons. The van der Waals surface area contributed by atoms with Gasteiger partial charge >= 0.3 is 0 Å². The molecule has 1 atom stereocenters. The predicted molar refractivity (Wildman–Crippen MR) is 98.4 cm³/mol. The highest BCUT2D eigenvalue weighted by Gasteiger charge is 2.19. The van der Waals surface area contributed by atoms with Crippen LogP contribution in [0.4, 0.5) is 4.39 Å². The van der Waals surface area contributed by atoms with E-state index in [0.717, 1.165) is 32.1 Å². The van der Waals surface area contributed by atoms with Crippen LogP contribution in [-0.4, -0.2) is 6.54 Å². The van der Waals surface area contributed by atoms with Crippen LogP contribution in [0, 0.1) is 9.39 Å². The first kappa shape index (κ1) is 17.2. The minimum Gasteiger partial charge on any atom is -0.306 e. The summed E-state index contributed by atoms with van der Waals surface area (Å²) in [5, 5.41) is 4.03. The molecule has 0 saturated carbocycles. The molecule has 112 valence electrons. The molecule has 2 rings (SSSR count). The topological polar surface area (TPSA) is 12.0 Å². The summed E-state index contributed by atoms with van der Waals surface area (Å²) in [5.74, 6) is -0.275. The van der Waals surface area contributed by atoms with Crippen LogP contribution in [0.1, 0.15) is 30.5 Å². The summed E-state index contributed by atoms with van der Waals surface area (Å²) in [6, 6.07) is 10.5. The number of hydrogen-bond acceptors (Lipinski definition) is 1. The summed E-state index contributed by atoms with van der Waals surface area (Å²) in [6.45, 7) is 2.93. The first-order valence-corrected chi connectivity index (χ1v) is 8.91. The number of rotatable bonds is 5. The van der Waals surface area contributed by atoms with Gasteiger partial charge in [0, 0.05) is 13.1 Å². The molecule has 0 fully saturated rings. The monoisotopic (exact) mass is 481 g/mol. The van der Waals surface area contributed by atoms with Gasteiger partial charge in [0.05, 0.1) is 6.04 Å². The van der Waals surface area contributed by atoms with Crippen molar-refractivity contribution < 1.29 is 4.39 Å². The number of halogens is 4. The van der Waals surface area contributed by atoms with Crippen molar-refractivity contribution in [2.45, 2.75) is 19.4 Å². The third-order valence-electron chi connectivity index (χ3n) is 3.14. The van der Waals surface area contributed by atoms with Crippen LogP contribution < -0.4 is 5.32 Å². The van der Waals surface area contributed by atoms with Crippen molar-refractivity contribution in [3.8, 4) is 0 Å². The lowest BCUT2D eigenvalue weighted by atomic mass is 9.98. The van der Waals surface area contributed by atoms with E-state index in [-0.39, 0.29) is 11.9 Å². The van der Waals surface area contributed by atoms with Crippen LogP contribution >= 0.6 is 50.1 Å². The fraction of sp³-hybridized carbons (Fsp3) is 0.250. The molecule has 2 aromatic carbocycles. The lowest BCUT2D eigenvalue weighted by molar-refractivity contribution is 0.584. The maximum absolute atomic E-state index is 13.6. The Hall–Kier alpha value is -0.170. The quantitative estimate of drug-likeness (QED) is 0.521. The molecule has 0 aliphatic carbocycles. The minimum absolute atomic E-state index is 0.127. The molecule has 1 unspecified atom stereocenters. The van der Waals surface area contributed by atoms with Crippen LogP contribution in [-0.2, 0) is 0 Å². The zero-order valence-corrected chi connectivity index (χ0v) is 16.0. The van der Waals surface area contributed by atoms with Gasteiger partial charge in [0.1, 0.15) is 5.82 Å². The second kappa shape index (κ2) is 7.90. The molecule has 0 spiro atoms. The van der Waals surface area contributed by atoms with E-state index in [9.17, 15) is 4.39 Å². The number of benzene rings is 2. The zero-order chi connectivity index (χ0) is 15.4. The van der Waals surface area contributed by atoms with E-state index in [1.807, 2.05) is 12.1 Å². The smallest absolute Gasteiger partial charge is 0.123 e. The van der Waals surface area contributed by atoms with Crippen molar-refractivity contribution in [3.05, 3.63) is 66.4 Å². The molecule has 0 aliphatic heterocycles. The summed E-state index contributed by atoms with van der Waals surface area (Å²) in [4.78, 5) is 0. The first-order chi connectivity index (χ1) is 10.0. The second-order valence-corrected chi connectivity index (χ2v) is 7.20. The van der Waals surface area contributed by atoms with E-state index >= 15 is 0 Å². The highest BCUT2D eigenvalue weighted by Crippen LogP contribution is 2.33. The highest BCUT2D eigenvalue weighted by molar-refractivity contribution is 14.1. The number of hydrogen-bond donors (Lipinski definition) is 1. The Morgan fingerprint density at radius 1 is 1.24 bits per heavy atom. The van der Waals surface area contributed by atoms with Gasteiger partial charge in [-0.2, -0.15) is 0 Å². The van der Waals surface area contributed by atoms with Crippen LogP contribution in [0.2, 0.25) is 5.02 Å². The first-order valence-electron chi connectivity index (χ1n) is 6.66. The van der Waals surface area contributed by atoms with E-state index in [1.54, 1.807) is 6.07 Å². The Labute approximate surface area is 151 Å². The van der Waals surface area contributed by atoms with E-state index in [0.29, 0.717) is 5.02 Å². The Balaban J connectivity index is 2.52. The molecule has 0 amide bonds. The van der Waals surface area contributed by atoms with Gasteiger partial charge in [-0.25, -0.2) is 4.39 Å². The van der Waals surface area contributed by atoms with Crippen molar-refractivity contribution in [3.63, 3.8) is 0 Å². The lowest BCUT2D eigenvalue weighted by Gasteiger charge is -2.22. The van der Waals surface area contributed by atoms with E-state index < -0.39 is 0 Å². The van der Waals surface area contributed by atoms with Crippen LogP contribution in [0.25, 0.3) is 0 Å². The lowest BCUT2D eigenvalue weighted by Crippen LogP contribution is -2.24. The highest BCUT2D eigenvalue weighted by atomic mass is 127. The second-order valence-electron chi connectivity index (χ2n) is 4.72. The molecule has 0 saturated heterocycles. The van der Waals surface area contributed by atoms with Gasteiger partial charge in [-0.05, 0) is 83.1 Å². The average Bonchev–Trinajstić information content (AvgIpc) is 2.46. The molecule has 0 heterocycles. The molecular weight excluding hydrogens is 467 g/mol. The van der Waals surface area contributed by atoms with Gasteiger partial charge in [-0.3, -0.25) is 0 Å². The Bertz CT molecular complexity index is 584. The van der Waals surface area contributed by atoms with Crippen LogP contribution in [0.3, 0.4) is 0 Å². The molecule has 5 heteroatoms. The van der Waals surface area contributed by atoms with Crippen molar-refractivity contribution in [2.75, 3.05) is 6.54 Å². The Morgan fingerprint density at radius 2 is 2.00 bits per heavy atom. The van der Waals surface area contributed by atoms with Crippen LogP contribution in [0.5, 0.6) is 0 Å². The van der Waals surface area contributed by atoms with Crippen molar-refractivity contribution in [1.82, 2.24) is 5.32 Å². The van der Waals surface area contributed by atoms with E-state index in [2.05, 4.69) is 56.8 Å². The fourth-order valence-electron chi connectivity index (χ4n) is 2.15. The SMILES string of the molecule is CCCNC(c1cc(F)ccc1Cl)c1cc(Br)ccc1I. The Morgan fingerprint density at radius 3 is 2.71 bits per heavy atom. The van der Waals surface area contributed by atoms with Gasteiger partial charge in [0.2, 0.25) is 0 Å². The minimum atomic E-state index is -0.275. The third-order valence-corrected chi connectivity index (χ3v) is 4.96. The van der Waals surface area contributed by atoms with Crippen molar-refractivity contribution in [2.24, 2.45) is 0 Å². The standard InChI is InChI=1S/C16H15BrClFIN/c1-2-7-21-16(12-9-11(19)4-5-14(12)18)13-8-10(17)3-6-15(13)20/h3-6,8-9,16,21H,2,7H2,1H3. The molecule has 0 aromatic heterocycles. The summed E-state index contributed by atoms with van der Waals surface area (Å²) >= 11 is 12.1. The summed E-state index contributed by atoms with van der Waals surface area (Å²) < 4.78 is 15.7.